The summed E-state index contributed by atoms with van der Waals surface area (Å²) in [5.74, 6) is 0. The molecular weight excluding hydrogens is 146 g/mol. The Labute approximate surface area is 74.3 Å². The summed E-state index contributed by atoms with van der Waals surface area (Å²) < 4.78 is 0. The Morgan fingerprint density at radius 1 is 1.42 bits per heavy atom. The first-order chi connectivity index (χ1) is 5.67. The molecule has 0 unspecified atom stereocenters. The van der Waals surface area contributed by atoms with Crippen molar-refractivity contribution in [1.29, 1.82) is 5.41 Å². The van der Waals surface area contributed by atoms with Gasteiger partial charge in [0.1, 0.15) is 0 Å². The van der Waals surface area contributed by atoms with Crippen LogP contribution in [0.3, 0.4) is 0 Å². The molecule has 0 amide bonds. The van der Waals surface area contributed by atoms with Crippen molar-refractivity contribution >= 4 is 6.21 Å². The first kappa shape index (κ1) is 10.6. The average molecular weight is 161 g/mol. The predicted molar refractivity (Wildman–Crippen MR) is 55.6 cm³/mol. The molecule has 0 aromatic carbocycles. The minimum absolute atomic E-state index is 0.950. The van der Waals surface area contributed by atoms with Gasteiger partial charge in [-0.05, 0) is 31.1 Å². The van der Waals surface area contributed by atoms with Gasteiger partial charge in [-0.15, -0.1) is 0 Å². The van der Waals surface area contributed by atoms with Crippen LogP contribution in [-0.2, 0) is 0 Å². The molecular formula is C11H15N. The Balaban J connectivity index is 4.99. The molecule has 12 heavy (non-hydrogen) atoms. The van der Waals surface area contributed by atoms with Gasteiger partial charge in [0.2, 0.25) is 0 Å². The number of rotatable bonds is 4. The molecule has 0 aromatic heterocycles. The molecule has 0 fully saturated rings. The molecule has 1 nitrogen and oxygen atoms in total. The predicted octanol–water partition coefficient (Wildman–Crippen LogP) is 3.27. The van der Waals surface area contributed by atoms with Crippen LogP contribution in [0, 0.1) is 5.41 Å². The maximum Gasteiger partial charge on any atom is 0.0184 e. The third-order valence-corrected chi connectivity index (χ3v) is 1.55. The van der Waals surface area contributed by atoms with Crippen molar-refractivity contribution in [3.63, 3.8) is 0 Å². The van der Waals surface area contributed by atoms with Crippen LogP contribution >= 0.6 is 0 Å². The lowest BCUT2D eigenvalue weighted by Crippen LogP contribution is -1.88. The quantitative estimate of drug-likeness (QED) is 0.483. The Kier molecular flexibility index (Phi) is 4.70. The Hall–Kier alpha value is -1.37. The van der Waals surface area contributed by atoms with Gasteiger partial charge < -0.3 is 5.41 Å². The summed E-state index contributed by atoms with van der Waals surface area (Å²) in [5.41, 5.74) is 2.94. The van der Waals surface area contributed by atoms with Gasteiger partial charge in [-0.25, -0.2) is 0 Å². The average Bonchev–Trinajstić information content (AvgIpc) is 2.05. The summed E-state index contributed by atoms with van der Waals surface area (Å²) in [5, 5.41) is 6.97. The molecule has 0 spiro atoms. The fraction of sp³-hybridized carbons (Fsp3) is 0.182. The summed E-state index contributed by atoms with van der Waals surface area (Å²) >= 11 is 0. The van der Waals surface area contributed by atoms with Crippen LogP contribution in [0.2, 0.25) is 0 Å². The van der Waals surface area contributed by atoms with Crippen LogP contribution in [0.25, 0.3) is 0 Å². The first-order valence-electron chi connectivity index (χ1n) is 3.83. The summed E-state index contributed by atoms with van der Waals surface area (Å²) in [6.45, 7) is 11.4. The van der Waals surface area contributed by atoms with Crippen LogP contribution in [0.1, 0.15) is 13.8 Å². The van der Waals surface area contributed by atoms with E-state index < -0.39 is 0 Å². The third-order valence-electron chi connectivity index (χ3n) is 1.55. The van der Waals surface area contributed by atoms with Crippen LogP contribution in [0.15, 0.2) is 48.1 Å². The van der Waals surface area contributed by atoms with Crippen LogP contribution in [-0.4, -0.2) is 6.21 Å². The second-order valence-corrected chi connectivity index (χ2v) is 2.48. The van der Waals surface area contributed by atoms with Crippen molar-refractivity contribution in [2.24, 2.45) is 0 Å². The molecule has 0 radical (unpaired) electrons. The minimum atomic E-state index is 0.950. The van der Waals surface area contributed by atoms with E-state index in [1.54, 1.807) is 12.2 Å². The molecule has 0 atom stereocenters. The summed E-state index contributed by atoms with van der Waals surface area (Å²) in [4.78, 5) is 0. The van der Waals surface area contributed by atoms with Gasteiger partial charge in [0.25, 0.3) is 0 Å². The number of hydrogen-bond donors (Lipinski definition) is 1. The van der Waals surface area contributed by atoms with Gasteiger partial charge >= 0.3 is 0 Å². The second-order valence-electron chi connectivity index (χ2n) is 2.48. The monoisotopic (exact) mass is 161 g/mol. The van der Waals surface area contributed by atoms with Crippen molar-refractivity contribution in [1.82, 2.24) is 0 Å². The Morgan fingerprint density at radius 3 is 2.25 bits per heavy atom. The highest BCUT2D eigenvalue weighted by Crippen LogP contribution is 2.17. The van der Waals surface area contributed by atoms with Crippen molar-refractivity contribution in [3.05, 3.63) is 48.1 Å². The van der Waals surface area contributed by atoms with Gasteiger partial charge in [0.15, 0.2) is 0 Å². The second kappa shape index (κ2) is 5.30. The molecule has 0 aliphatic rings. The Morgan fingerprint density at radius 2 is 2.00 bits per heavy atom. The lowest BCUT2D eigenvalue weighted by molar-refractivity contribution is 1.38. The summed E-state index contributed by atoms with van der Waals surface area (Å²) in [7, 11) is 0. The molecule has 0 aromatic rings. The van der Waals surface area contributed by atoms with Crippen molar-refractivity contribution in [2.45, 2.75) is 13.8 Å². The number of hydrogen-bond acceptors (Lipinski definition) is 1. The molecule has 0 saturated carbocycles. The zero-order valence-electron chi connectivity index (χ0n) is 7.72. The molecule has 1 N–H and O–H groups in total. The van der Waals surface area contributed by atoms with Gasteiger partial charge in [-0.3, -0.25) is 0 Å². The fourth-order valence-corrected chi connectivity index (χ4v) is 0.952. The minimum Gasteiger partial charge on any atom is -0.309 e. The molecule has 0 aliphatic carbocycles. The molecule has 0 rings (SSSR count). The smallest absolute Gasteiger partial charge is 0.0184 e. The first-order valence-corrected chi connectivity index (χ1v) is 3.83. The summed E-state index contributed by atoms with van der Waals surface area (Å²) in [6, 6.07) is 0. The van der Waals surface area contributed by atoms with E-state index in [1.807, 2.05) is 19.9 Å². The highest BCUT2D eigenvalue weighted by molar-refractivity contribution is 5.73. The van der Waals surface area contributed by atoms with Crippen LogP contribution in [0.5, 0.6) is 0 Å². The van der Waals surface area contributed by atoms with E-state index in [0.717, 1.165) is 16.7 Å². The van der Waals surface area contributed by atoms with Crippen LogP contribution in [0.4, 0.5) is 0 Å². The van der Waals surface area contributed by atoms with Crippen molar-refractivity contribution < 1.29 is 0 Å². The fourth-order valence-electron chi connectivity index (χ4n) is 0.952. The van der Waals surface area contributed by atoms with Crippen molar-refractivity contribution in [3.8, 4) is 0 Å². The highest BCUT2D eigenvalue weighted by atomic mass is 14.3. The molecule has 1 heteroatoms. The topological polar surface area (TPSA) is 23.9 Å². The highest BCUT2D eigenvalue weighted by Gasteiger charge is 1.99. The summed E-state index contributed by atoms with van der Waals surface area (Å²) in [6.07, 6.45) is 6.71. The van der Waals surface area contributed by atoms with Gasteiger partial charge in [0.05, 0.1) is 0 Å². The number of nitrogens with one attached hydrogen (secondary N) is 1. The number of allylic oxidation sites excluding steroid dienone is 6. The Bertz CT molecular complexity index is 254. The van der Waals surface area contributed by atoms with E-state index in [0.29, 0.717) is 0 Å². The zero-order valence-corrected chi connectivity index (χ0v) is 7.72. The van der Waals surface area contributed by atoms with E-state index in [4.69, 9.17) is 5.41 Å². The standard InChI is InChI=1S/C11H15N/c1-5-10(6-2)11(7-8-12)9(3)4/h5-8,12H,1,3H2,2,4H3/b10-6-,11-7-,12-8?. The molecule has 0 aliphatic heterocycles. The van der Waals surface area contributed by atoms with E-state index in [1.165, 1.54) is 6.21 Å². The van der Waals surface area contributed by atoms with Crippen molar-refractivity contribution in [2.75, 3.05) is 0 Å². The van der Waals surface area contributed by atoms with Gasteiger partial charge in [0, 0.05) is 6.21 Å². The SMILES string of the molecule is C=CC(=C/C)/C(=C\C=N)C(=C)C. The van der Waals surface area contributed by atoms with Crippen LogP contribution < -0.4 is 0 Å². The lowest BCUT2D eigenvalue weighted by atomic mass is 10.00. The van der Waals surface area contributed by atoms with Gasteiger partial charge in [-0.2, -0.15) is 0 Å². The lowest BCUT2D eigenvalue weighted by Gasteiger charge is -2.05. The third kappa shape index (κ3) is 2.70. The van der Waals surface area contributed by atoms with E-state index in [2.05, 4.69) is 13.2 Å². The normalized spacial score (nSPS) is 12.5. The molecule has 64 valence electrons. The molecule has 0 bridgehead atoms. The maximum atomic E-state index is 6.97. The molecule has 0 saturated heterocycles. The van der Waals surface area contributed by atoms with E-state index in [-0.39, 0.29) is 0 Å². The van der Waals surface area contributed by atoms with Gasteiger partial charge in [-0.1, -0.05) is 30.9 Å². The zero-order chi connectivity index (χ0) is 9.56. The largest absolute Gasteiger partial charge is 0.309 e. The maximum absolute atomic E-state index is 6.97. The van der Waals surface area contributed by atoms with E-state index >= 15 is 0 Å². The molecule has 0 heterocycles. The van der Waals surface area contributed by atoms with E-state index in [9.17, 15) is 0 Å².